The molecule has 0 atom stereocenters. The van der Waals surface area contributed by atoms with Gasteiger partial charge in [0.2, 0.25) is 0 Å². The van der Waals surface area contributed by atoms with Gasteiger partial charge in [0, 0.05) is 13.7 Å². The Morgan fingerprint density at radius 2 is 1.70 bits per heavy atom. The summed E-state index contributed by atoms with van der Waals surface area (Å²) < 4.78 is 5.87. The van der Waals surface area contributed by atoms with Crippen molar-refractivity contribution in [2.45, 2.75) is 59.0 Å². The molecule has 0 spiro atoms. The number of hydrogen-bond acceptors (Lipinski definition) is 3. The molecular weight excluding hydrogens is 248 g/mol. The highest BCUT2D eigenvalue weighted by Gasteiger charge is 2.35. The molecule has 2 aliphatic rings. The van der Waals surface area contributed by atoms with Crippen LogP contribution in [0.1, 0.15) is 53.4 Å². The van der Waals surface area contributed by atoms with Crippen LogP contribution < -0.4 is 5.32 Å². The maximum absolute atomic E-state index is 5.87. The van der Waals surface area contributed by atoms with E-state index in [0.717, 1.165) is 44.3 Å². The Kier molecular flexibility index (Phi) is 8.08. The molecule has 2 aliphatic heterocycles. The number of nitrogens with zero attached hydrogens (tertiary/aromatic N) is 1. The van der Waals surface area contributed by atoms with Crippen molar-refractivity contribution in [2.75, 3.05) is 39.8 Å². The Morgan fingerprint density at radius 1 is 1.15 bits per heavy atom. The first kappa shape index (κ1) is 17.9. The van der Waals surface area contributed by atoms with Crippen molar-refractivity contribution in [1.29, 1.82) is 0 Å². The first-order chi connectivity index (χ1) is 9.65. The molecule has 20 heavy (non-hydrogen) atoms. The van der Waals surface area contributed by atoms with Gasteiger partial charge in [-0.1, -0.05) is 27.7 Å². The van der Waals surface area contributed by atoms with Gasteiger partial charge in [-0.25, -0.2) is 0 Å². The molecule has 0 bridgehead atoms. The second-order valence-electron chi connectivity index (χ2n) is 6.49. The van der Waals surface area contributed by atoms with Crippen LogP contribution in [0.4, 0.5) is 0 Å². The van der Waals surface area contributed by atoms with Gasteiger partial charge >= 0.3 is 0 Å². The van der Waals surface area contributed by atoms with Gasteiger partial charge in [0.1, 0.15) is 0 Å². The van der Waals surface area contributed by atoms with Crippen molar-refractivity contribution in [3.63, 3.8) is 0 Å². The van der Waals surface area contributed by atoms with Crippen molar-refractivity contribution in [2.24, 2.45) is 11.8 Å². The molecule has 120 valence electrons. The molecule has 2 heterocycles. The van der Waals surface area contributed by atoms with Crippen molar-refractivity contribution >= 4 is 0 Å². The van der Waals surface area contributed by atoms with Gasteiger partial charge in [0.15, 0.2) is 0 Å². The molecule has 0 unspecified atom stereocenters. The Bertz CT molecular complexity index is 241. The standard InChI is InChI=1S/C15H30N2O.C2H6/c1-13(2)14-4-10-17(11-5-14)12-15(18-3)6-8-16-9-7-15;1-2/h13-14,16H,4-12H2,1-3H3;1-2H3. The molecule has 3 heteroatoms. The topological polar surface area (TPSA) is 24.5 Å². The smallest absolute Gasteiger partial charge is 0.0829 e. The Labute approximate surface area is 126 Å². The summed E-state index contributed by atoms with van der Waals surface area (Å²) in [5.74, 6) is 1.79. The second kappa shape index (κ2) is 9.01. The van der Waals surface area contributed by atoms with E-state index in [4.69, 9.17) is 4.74 Å². The zero-order valence-electron chi connectivity index (χ0n) is 14.4. The van der Waals surface area contributed by atoms with Crippen LogP contribution in [0.2, 0.25) is 0 Å². The van der Waals surface area contributed by atoms with Crippen LogP contribution in [-0.4, -0.2) is 50.3 Å². The summed E-state index contributed by atoms with van der Waals surface area (Å²) >= 11 is 0. The molecule has 2 rings (SSSR count). The number of rotatable bonds is 4. The number of nitrogens with one attached hydrogen (secondary N) is 1. The first-order valence-corrected chi connectivity index (χ1v) is 8.63. The van der Waals surface area contributed by atoms with Crippen LogP contribution in [0.25, 0.3) is 0 Å². The lowest BCUT2D eigenvalue weighted by molar-refractivity contribution is -0.0625. The Morgan fingerprint density at radius 3 is 2.15 bits per heavy atom. The van der Waals surface area contributed by atoms with Gasteiger partial charge in [-0.05, 0) is 63.7 Å². The van der Waals surface area contributed by atoms with Gasteiger partial charge in [-0.15, -0.1) is 0 Å². The van der Waals surface area contributed by atoms with Gasteiger partial charge in [-0.3, -0.25) is 0 Å². The van der Waals surface area contributed by atoms with E-state index in [1.54, 1.807) is 0 Å². The SMILES string of the molecule is CC.COC1(CN2CCC(C(C)C)CC2)CCNCC1. The normalized spacial score (nSPS) is 24.3. The third-order valence-electron chi connectivity index (χ3n) is 5.03. The van der Waals surface area contributed by atoms with Gasteiger partial charge in [0.25, 0.3) is 0 Å². The first-order valence-electron chi connectivity index (χ1n) is 8.63. The van der Waals surface area contributed by atoms with Crippen LogP contribution in [0.15, 0.2) is 0 Å². The molecule has 0 radical (unpaired) electrons. The number of hydrogen-bond donors (Lipinski definition) is 1. The molecule has 0 aliphatic carbocycles. The second-order valence-corrected chi connectivity index (χ2v) is 6.49. The molecule has 1 N–H and O–H groups in total. The predicted molar refractivity (Wildman–Crippen MR) is 87.2 cm³/mol. The molecule has 0 amide bonds. The van der Waals surface area contributed by atoms with E-state index in [1.165, 1.54) is 25.9 Å². The number of likely N-dealkylation sites (tertiary alicyclic amines) is 1. The lowest BCUT2D eigenvalue weighted by Gasteiger charge is -2.43. The quantitative estimate of drug-likeness (QED) is 0.858. The molecule has 2 saturated heterocycles. The van der Waals surface area contributed by atoms with Gasteiger partial charge in [0.05, 0.1) is 5.60 Å². The van der Waals surface area contributed by atoms with Crippen LogP contribution >= 0.6 is 0 Å². The fraction of sp³-hybridized carbons (Fsp3) is 1.00. The Hall–Kier alpha value is -0.120. The maximum atomic E-state index is 5.87. The van der Waals surface area contributed by atoms with E-state index >= 15 is 0 Å². The van der Waals surface area contributed by atoms with Crippen LogP contribution in [-0.2, 0) is 4.74 Å². The number of methoxy groups -OCH3 is 1. The summed E-state index contributed by atoms with van der Waals surface area (Å²) in [4.78, 5) is 2.63. The van der Waals surface area contributed by atoms with E-state index in [2.05, 4.69) is 24.1 Å². The minimum absolute atomic E-state index is 0.121. The molecule has 0 aromatic rings. The molecule has 3 nitrogen and oxygen atoms in total. The summed E-state index contributed by atoms with van der Waals surface area (Å²) in [5, 5.41) is 3.43. The minimum atomic E-state index is 0.121. The number of ether oxygens (including phenoxy) is 1. The zero-order valence-corrected chi connectivity index (χ0v) is 14.4. The fourth-order valence-electron chi connectivity index (χ4n) is 3.49. The molecular formula is C17H36N2O. The third kappa shape index (κ3) is 5.01. The summed E-state index contributed by atoms with van der Waals surface area (Å²) in [7, 11) is 1.90. The number of piperidine rings is 2. The summed E-state index contributed by atoms with van der Waals surface area (Å²) in [5.41, 5.74) is 0.121. The monoisotopic (exact) mass is 284 g/mol. The average Bonchev–Trinajstić information content (AvgIpc) is 2.51. The van der Waals surface area contributed by atoms with Gasteiger partial charge in [-0.2, -0.15) is 0 Å². The van der Waals surface area contributed by atoms with Crippen LogP contribution in [0.5, 0.6) is 0 Å². The lowest BCUT2D eigenvalue weighted by atomic mass is 9.85. The van der Waals surface area contributed by atoms with Crippen molar-refractivity contribution in [1.82, 2.24) is 10.2 Å². The highest BCUT2D eigenvalue weighted by Crippen LogP contribution is 2.28. The van der Waals surface area contributed by atoms with Gasteiger partial charge < -0.3 is 15.0 Å². The van der Waals surface area contributed by atoms with E-state index in [1.807, 2.05) is 21.0 Å². The molecule has 2 fully saturated rings. The highest BCUT2D eigenvalue weighted by atomic mass is 16.5. The largest absolute Gasteiger partial charge is 0.377 e. The predicted octanol–water partition coefficient (Wildman–Crippen LogP) is 3.15. The van der Waals surface area contributed by atoms with Crippen LogP contribution in [0.3, 0.4) is 0 Å². The minimum Gasteiger partial charge on any atom is -0.377 e. The van der Waals surface area contributed by atoms with E-state index in [-0.39, 0.29) is 5.60 Å². The maximum Gasteiger partial charge on any atom is 0.0829 e. The van der Waals surface area contributed by atoms with E-state index in [9.17, 15) is 0 Å². The van der Waals surface area contributed by atoms with Crippen molar-refractivity contribution in [3.05, 3.63) is 0 Å². The molecule has 0 aromatic carbocycles. The zero-order chi connectivity index (χ0) is 15.0. The summed E-state index contributed by atoms with van der Waals surface area (Å²) in [6.45, 7) is 14.6. The summed E-state index contributed by atoms with van der Waals surface area (Å²) in [6.07, 6.45) is 5.06. The van der Waals surface area contributed by atoms with Crippen LogP contribution in [0, 0.1) is 11.8 Å². The third-order valence-corrected chi connectivity index (χ3v) is 5.03. The average molecular weight is 284 g/mol. The summed E-state index contributed by atoms with van der Waals surface area (Å²) in [6, 6.07) is 0. The molecule has 0 aromatic heterocycles. The van der Waals surface area contributed by atoms with Crippen molar-refractivity contribution < 1.29 is 4.74 Å². The van der Waals surface area contributed by atoms with Crippen molar-refractivity contribution in [3.8, 4) is 0 Å². The van der Waals surface area contributed by atoms with E-state index < -0.39 is 0 Å². The Balaban J connectivity index is 0.000000956. The molecule has 0 saturated carbocycles. The lowest BCUT2D eigenvalue weighted by Crippen LogP contribution is -2.52. The fourth-order valence-corrected chi connectivity index (χ4v) is 3.49. The van der Waals surface area contributed by atoms with E-state index in [0.29, 0.717) is 0 Å². The highest BCUT2D eigenvalue weighted by molar-refractivity contribution is 4.90.